The highest BCUT2D eigenvalue weighted by Crippen LogP contribution is 2.41. The quantitative estimate of drug-likeness (QED) is 0.484. The van der Waals surface area contributed by atoms with Crippen LogP contribution in [0, 0.1) is 0 Å². The molecule has 0 spiro atoms. The summed E-state index contributed by atoms with van der Waals surface area (Å²) < 4.78 is 2.18. The third kappa shape index (κ3) is 1.10. The zero-order valence-corrected chi connectivity index (χ0v) is 9.70. The van der Waals surface area contributed by atoms with Crippen LogP contribution in [0.3, 0.4) is 0 Å². The Balaban J connectivity index is 2.21. The van der Waals surface area contributed by atoms with Gasteiger partial charge in [-0.2, -0.15) is 0 Å². The molecule has 0 aliphatic carbocycles. The Labute approximate surface area is 103 Å². The van der Waals surface area contributed by atoms with Gasteiger partial charge in [0.2, 0.25) is 0 Å². The largest absolute Gasteiger partial charge is 0.351 e. The predicted molar refractivity (Wildman–Crippen MR) is 71.6 cm³/mol. The molecule has 17 heavy (non-hydrogen) atoms. The van der Waals surface area contributed by atoms with Crippen molar-refractivity contribution >= 4 is 33.9 Å². The van der Waals surface area contributed by atoms with Gasteiger partial charge >= 0.3 is 0 Å². The van der Waals surface area contributed by atoms with Gasteiger partial charge in [-0.25, -0.2) is 0 Å². The molecule has 0 saturated heterocycles. The van der Waals surface area contributed by atoms with Gasteiger partial charge in [-0.05, 0) is 24.3 Å². The average Bonchev–Trinajstić information content (AvgIpc) is 2.79. The van der Waals surface area contributed by atoms with Gasteiger partial charge in [-0.1, -0.05) is 29.8 Å². The first-order valence-corrected chi connectivity index (χ1v) is 5.88. The highest BCUT2D eigenvalue weighted by atomic mass is 35.5. The summed E-state index contributed by atoms with van der Waals surface area (Å²) in [4.78, 5) is 0. The molecule has 1 aliphatic heterocycles. The number of benzene rings is 2. The van der Waals surface area contributed by atoms with Crippen LogP contribution in [0.1, 0.15) is 0 Å². The van der Waals surface area contributed by atoms with Gasteiger partial charge in [0.25, 0.3) is 0 Å². The van der Waals surface area contributed by atoms with E-state index in [0.717, 1.165) is 27.6 Å². The molecule has 3 heteroatoms. The number of nitrogens with one attached hydrogen (secondary N) is 1. The van der Waals surface area contributed by atoms with Gasteiger partial charge in [0.15, 0.2) is 0 Å². The van der Waals surface area contributed by atoms with E-state index in [2.05, 4.69) is 34.3 Å². The highest BCUT2D eigenvalue weighted by molar-refractivity contribution is 6.35. The fourth-order valence-electron chi connectivity index (χ4n) is 2.45. The number of hydrogen-bond donors (Lipinski definition) is 1. The maximum atomic E-state index is 6.26. The summed E-state index contributed by atoms with van der Waals surface area (Å²) in [5, 5.41) is 5.36. The van der Waals surface area contributed by atoms with Crippen LogP contribution < -0.4 is 5.32 Å². The van der Waals surface area contributed by atoms with Crippen molar-refractivity contribution in [1.82, 2.24) is 4.57 Å². The van der Waals surface area contributed by atoms with Crippen LogP contribution in [0.2, 0.25) is 5.02 Å². The van der Waals surface area contributed by atoms with Gasteiger partial charge < -0.3 is 9.88 Å². The van der Waals surface area contributed by atoms with Crippen molar-refractivity contribution in [2.75, 3.05) is 5.32 Å². The zero-order valence-electron chi connectivity index (χ0n) is 8.94. The minimum atomic E-state index is 0.756. The lowest BCUT2D eigenvalue weighted by Crippen LogP contribution is -2.06. The number of aromatic nitrogens is 1. The first-order valence-electron chi connectivity index (χ1n) is 5.50. The molecule has 0 amide bonds. The van der Waals surface area contributed by atoms with Crippen molar-refractivity contribution < 1.29 is 0 Å². The molecule has 0 saturated carbocycles. The second-order valence-corrected chi connectivity index (χ2v) is 4.60. The normalized spacial score (nSPS) is 12.3. The van der Waals surface area contributed by atoms with Crippen LogP contribution in [-0.4, -0.2) is 4.57 Å². The van der Waals surface area contributed by atoms with Crippen LogP contribution in [-0.2, 0) is 0 Å². The topological polar surface area (TPSA) is 17.0 Å². The number of rotatable bonds is 0. The number of anilines is 2. The summed E-state index contributed by atoms with van der Waals surface area (Å²) in [6.45, 7) is 0. The summed E-state index contributed by atoms with van der Waals surface area (Å²) >= 11 is 6.26. The first kappa shape index (κ1) is 9.14. The smallest absolute Gasteiger partial charge is 0.0825 e. The van der Waals surface area contributed by atoms with Crippen molar-refractivity contribution in [1.29, 1.82) is 0 Å². The Bertz CT molecular complexity index is 743. The highest BCUT2D eigenvalue weighted by Gasteiger charge is 2.18. The molecule has 2 heterocycles. The van der Waals surface area contributed by atoms with E-state index in [-0.39, 0.29) is 0 Å². The van der Waals surface area contributed by atoms with Crippen molar-refractivity contribution in [2.24, 2.45) is 0 Å². The second-order valence-electron chi connectivity index (χ2n) is 4.19. The summed E-state index contributed by atoms with van der Waals surface area (Å²) in [7, 11) is 0. The third-order valence-corrected chi connectivity index (χ3v) is 3.54. The van der Waals surface area contributed by atoms with E-state index in [0.29, 0.717) is 0 Å². The molecule has 0 bridgehead atoms. The van der Waals surface area contributed by atoms with Gasteiger partial charge in [-0.15, -0.1) is 0 Å². The molecule has 0 unspecified atom stereocenters. The Morgan fingerprint density at radius 2 is 1.88 bits per heavy atom. The van der Waals surface area contributed by atoms with E-state index in [1.54, 1.807) is 0 Å². The average molecular weight is 241 g/mol. The predicted octanol–water partition coefficient (Wildman–Crippen LogP) is 4.34. The van der Waals surface area contributed by atoms with Crippen LogP contribution in [0.4, 0.5) is 11.4 Å². The minimum absolute atomic E-state index is 0.756. The molecule has 3 aromatic rings. The Kier molecular flexibility index (Phi) is 1.64. The Hall–Kier alpha value is -1.93. The first-order chi connectivity index (χ1) is 8.34. The molecule has 1 N–H and O–H groups in total. The Morgan fingerprint density at radius 1 is 1.00 bits per heavy atom. The van der Waals surface area contributed by atoms with Gasteiger partial charge in [0, 0.05) is 11.6 Å². The molecule has 0 atom stereocenters. The Morgan fingerprint density at radius 3 is 2.82 bits per heavy atom. The van der Waals surface area contributed by atoms with Crippen LogP contribution in [0.15, 0.2) is 48.7 Å². The molecule has 2 nitrogen and oxygen atoms in total. The molecule has 4 rings (SSSR count). The zero-order chi connectivity index (χ0) is 11.4. The summed E-state index contributed by atoms with van der Waals surface area (Å²) in [6.07, 6.45) is 2.09. The van der Waals surface area contributed by atoms with Crippen LogP contribution >= 0.6 is 11.6 Å². The minimum Gasteiger partial charge on any atom is -0.351 e. The van der Waals surface area contributed by atoms with Gasteiger partial charge in [-0.3, -0.25) is 0 Å². The van der Waals surface area contributed by atoms with E-state index in [9.17, 15) is 0 Å². The molecular formula is C14H9ClN2. The monoisotopic (exact) mass is 240 g/mol. The lowest BCUT2D eigenvalue weighted by Gasteiger charge is -2.22. The molecular weight excluding hydrogens is 232 g/mol. The molecule has 82 valence electrons. The fourth-order valence-corrected chi connectivity index (χ4v) is 2.65. The molecule has 2 aromatic carbocycles. The van der Waals surface area contributed by atoms with Gasteiger partial charge in [0.05, 0.1) is 27.6 Å². The number of nitrogens with zero attached hydrogens (tertiary/aromatic N) is 1. The van der Waals surface area contributed by atoms with Crippen LogP contribution in [0.25, 0.3) is 16.6 Å². The van der Waals surface area contributed by atoms with E-state index in [1.807, 2.05) is 24.3 Å². The lowest BCUT2D eigenvalue weighted by atomic mass is 10.1. The van der Waals surface area contributed by atoms with Crippen molar-refractivity contribution in [2.45, 2.75) is 0 Å². The summed E-state index contributed by atoms with van der Waals surface area (Å²) in [5.74, 6) is 0. The molecule has 1 aliphatic rings. The SMILES string of the molecule is Clc1ccc2ccn3c2c1Nc1ccccc1-3. The van der Waals surface area contributed by atoms with Crippen molar-refractivity contribution in [3.05, 3.63) is 53.7 Å². The van der Waals surface area contributed by atoms with E-state index in [1.165, 1.54) is 5.39 Å². The fraction of sp³-hybridized carbons (Fsp3) is 0. The standard InChI is InChI=1S/C14H9ClN2/c15-10-6-5-9-7-8-17-12-4-2-1-3-11(12)16-13(10)14(9)17/h1-8,16H. The lowest BCUT2D eigenvalue weighted by molar-refractivity contribution is 1.11. The molecule has 0 fully saturated rings. The van der Waals surface area contributed by atoms with E-state index >= 15 is 0 Å². The maximum absolute atomic E-state index is 6.26. The van der Waals surface area contributed by atoms with E-state index < -0.39 is 0 Å². The van der Waals surface area contributed by atoms with Crippen LogP contribution in [0.5, 0.6) is 0 Å². The summed E-state index contributed by atoms with van der Waals surface area (Å²) in [5.41, 5.74) is 4.40. The van der Waals surface area contributed by atoms with Crippen molar-refractivity contribution in [3.8, 4) is 5.69 Å². The number of halogens is 1. The number of fused-ring (bicyclic) bond motifs is 2. The summed E-state index contributed by atoms with van der Waals surface area (Å²) in [6, 6.07) is 14.3. The third-order valence-electron chi connectivity index (χ3n) is 3.23. The van der Waals surface area contributed by atoms with Crippen molar-refractivity contribution in [3.63, 3.8) is 0 Å². The van der Waals surface area contributed by atoms with Gasteiger partial charge in [0.1, 0.15) is 0 Å². The number of para-hydroxylation sites is 2. The molecule has 1 aromatic heterocycles. The second kappa shape index (κ2) is 3.05. The molecule has 0 radical (unpaired) electrons. The number of hydrogen-bond acceptors (Lipinski definition) is 1. The van der Waals surface area contributed by atoms with E-state index in [4.69, 9.17) is 11.6 Å². The maximum Gasteiger partial charge on any atom is 0.0825 e.